The lowest BCUT2D eigenvalue weighted by Gasteiger charge is -2.11. The van der Waals surface area contributed by atoms with Gasteiger partial charge in [0, 0.05) is 23.4 Å². The van der Waals surface area contributed by atoms with Crippen molar-refractivity contribution in [2.24, 2.45) is 0 Å². The number of aliphatic hydroxyl groups is 1. The second kappa shape index (κ2) is 7.25. The first kappa shape index (κ1) is 15.5. The third kappa shape index (κ3) is 4.31. The molecule has 0 bridgehead atoms. The molecule has 110 valence electrons. The van der Waals surface area contributed by atoms with Crippen LogP contribution in [0.15, 0.2) is 48.5 Å². The summed E-state index contributed by atoms with van der Waals surface area (Å²) in [4.78, 5) is 12.1. The van der Waals surface area contributed by atoms with Crippen molar-refractivity contribution < 1.29 is 14.6 Å². The molecule has 2 aromatic carbocycles. The molecule has 0 heterocycles. The van der Waals surface area contributed by atoms with Crippen LogP contribution in [0, 0.1) is 0 Å². The zero-order valence-electron chi connectivity index (χ0n) is 11.8. The van der Waals surface area contributed by atoms with E-state index in [1.165, 1.54) is 0 Å². The maximum Gasteiger partial charge on any atom is 0.165 e. The van der Waals surface area contributed by atoms with Crippen molar-refractivity contribution in [1.82, 2.24) is 0 Å². The van der Waals surface area contributed by atoms with Gasteiger partial charge in [0.15, 0.2) is 5.78 Å². The topological polar surface area (TPSA) is 46.5 Å². The van der Waals surface area contributed by atoms with Crippen LogP contribution in [-0.2, 0) is 6.42 Å². The highest BCUT2D eigenvalue weighted by Crippen LogP contribution is 2.19. The number of ether oxygens (including phenoxy) is 1. The van der Waals surface area contributed by atoms with E-state index in [9.17, 15) is 9.90 Å². The van der Waals surface area contributed by atoms with Gasteiger partial charge in [0.05, 0.1) is 13.2 Å². The van der Waals surface area contributed by atoms with E-state index in [4.69, 9.17) is 16.3 Å². The van der Waals surface area contributed by atoms with Crippen molar-refractivity contribution in [1.29, 1.82) is 0 Å². The zero-order chi connectivity index (χ0) is 15.2. The molecule has 0 aliphatic heterocycles. The fraction of sp³-hybridized carbons (Fsp3) is 0.235. The molecule has 3 nitrogen and oxygen atoms in total. The van der Waals surface area contributed by atoms with E-state index in [-0.39, 0.29) is 12.2 Å². The van der Waals surface area contributed by atoms with Crippen LogP contribution in [0.3, 0.4) is 0 Å². The maximum atomic E-state index is 12.1. The van der Waals surface area contributed by atoms with Gasteiger partial charge in [-0.1, -0.05) is 29.8 Å². The minimum Gasteiger partial charge on any atom is -0.497 e. The number of ketones is 1. The Balaban J connectivity index is 1.97. The zero-order valence-corrected chi connectivity index (χ0v) is 12.5. The SMILES string of the molecule is COc1ccc(C(=O)CC(O)Cc2ccccc2Cl)cc1. The molecule has 1 atom stereocenters. The van der Waals surface area contributed by atoms with E-state index in [2.05, 4.69) is 0 Å². The molecule has 0 aliphatic carbocycles. The predicted molar refractivity (Wildman–Crippen MR) is 83.1 cm³/mol. The monoisotopic (exact) mass is 304 g/mol. The van der Waals surface area contributed by atoms with E-state index < -0.39 is 6.10 Å². The van der Waals surface area contributed by atoms with Gasteiger partial charge >= 0.3 is 0 Å². The van der Waals surface area contributed by atoms with E-state index in [0.717, 1.165) is 5.56 Å². The molecule has 1 unspecified atom stereocenters. The van der Waals surface area contributed by atoms with Gasteiger partial charge in [-0.15, -0.1) is 0 Å². The molecule has 4 heteroatoms. The van der Waals surface area contributed by atoms with Crippen LogP contribution in [0.4, 0.5) is 0 Å². The highest BCUT2D eigenvalue weighted by molar-refractivity contribution is 6.31. The first-order valence-electron chi connectivity index (χ1n) is 6.69. The van der Waals surface area contributed by atoms with E-state index in [1.54, 1.807) is 37.4 Å². The summed E-state index contributed by atoms with van der Waals surface area (Å²) in [6, 6.07) is 14.2. The number of carbonyl (C=O) groups is 1. The van der Waals surface area contributed by atoms with Gasteiger partial charge in [0.25, 0.3) is 0 Å². The number of rotatable bonds is 6. The Morgan fingerprint density at radius 3 is 2.48 bits per heavy atom. The lowest BCUT2D eigenvalue weighted by molar-refractivity contribution is 0.0881. The standard InChI is InChI=1S/C17H17ClO3/c1-21-15-8-6-12(7-9-15)17(20)11-14(19)10-13-4-2-3-5-16(13)18/h2-9,14,19H,10-11H2,1H3. The van der Waals surface area contributed by atoms with Crippen molar-refractivity contribution in [3.8, 4) is 5.75 Å². The molecule has 0 aliphatic rings. The Morgan fingerprint density at radius 1 is 1.19 bits per heavy atom. The summed E-state index contributed by atoms with van der Waals surface area (Å²) >= 11 is 6.05. The molecule has 0 radical (unpaired) electrons. The molecule has 21 heavy (non-hydrogen) atoms. The molecule has 0 amide bonds. The lowest BCUT2D eigenvalue weighted by Crippen LogP contribution is -2.16. The molecule has 2 aromatic rings. The number of hydrogen-bond donors (Lipinski definition) is 1. The van der Waals surface area contributed by atoms with E-state index in [1.807, 2.05) is 18.2 Å². The van der Waals surface area contributed by atoms with Crippen molar-refractivity contribution in [3.63, 3.8) is 0 Å². The van der Waals surface area contributed by atoms with Gasteiger partial charge in [-0.25, -0.2) is 0 Å². The molecule has 0 spiro atoms. The van der Waals surface area contributed by atoms with Crippen LogP contribution in [0.5, 0.6) is 5.75 Å². The van der Waals surface area contributed by atoms with Crippen LogP contribution in [0.1, 0.15) is 22.3 Å². The molecular formula is C17H17ClO3. The quantitative estimate of drug-likeness (QED) is 0.831. The lowest BCUT2D eigenvalue weighted by atomic mass is 10.00. The minimum absolute atomic E-state index is 0.0670. The maximum absolute atomic E-state index is 12.1. The predicted octanol–water partition coefficient (Wildman–Crippen LogP) is 3.53. The number of halogens is 1. The molecule has 0 saturated heterocycles. The Labute approximate surface area is 129 Å². The summed E-state index contributed by atoms with van der Waals surface area (Å²) in [5, 5.41) is 10.7. The second-order valence-electron chi connectivity index (χ2n) is 4.81. The second-order valence-corrected chi connectivity index (χ2v) is 5.21. The van der Waals surface area contributed by atoms with Crippen molar-refractivity contribution in [2.45, 2.75) is 18.9 Å². The number of Topliss-reactive ketones (excluding diaryl/α,β-unsaturated/α-hetero) is 1. The minimum atomic E-state index is -0.750. The molecule has 0 fully saturated rings. The summed E-state index contributed by atoms with van der Waals surface area (Å²) in [5.41, 5.74) is 1.41. The smallest absolute Gasteiger partial charge is 0.165 e. The highest BCUT2D eigenvalue weighted by Gasteiger charge is 2.14. The van der Waals surface area contributed by atoms with Crippen molar-refractivity contribution >= 4 is 17.4 Å². The summed E-state index contributed by atoms with van der Waals surface area (Å²) in [6.07, 6.45) is -0.321. The molecule has 0 saturated carbocycles. The molecule has 2 rings (SSSR count). The van der Waals surface area contributed by atoms with Crippen molar-refractivity contribution in [3.05, 3.63) is 64.7 Å². The van der Waals surface area contributed by atoms with Crippen LogP contribution < -0.4 is 4.74 Å². The molecule has 1 N–H and O–H groups in total. The summed E-state index contributed by atoms with van der Waals surface area (Å²) in [5.74, 6) is 0.598. The van der Waals surface area contributed by atoms with Crippen LogP contribution in [0.25, 0.3) is 0 Å². The largest absolute Gasteiger partial charge is 0.497 e. The number of benzene rings is 2. The fourth-order valence-corrected chi connectivity index (χ4v) is 2.31. The number of methoxy groups -OCH3 is 1. The average molecular weight is 305 g/mol. The van der Waals surface area contributed by atoms with Gasteiger partial charge in [-0.05, 0) is 35.9 Å². The van der Waals surface area contributed by atoms with Gasteiger partial charge in [0.2, 0.25) is 0 Å². The Hall–Kier alpha value is -1.84. The number of carbonyl (C=O) groups excluding carboxylic acids is 1. The summed E-state index contributed by atoms with van der Waals surface area (Å²) in [6.45, 7) is 0. The Bertz CT molecular complexity index is 608. The highest BCUT2D eigenvalue weighted by atomic mass is 35.5. The summed E-state index contributed by atoms with van der Waals surface area (Å²) < 4.78 is 5.05. The molecular weight excluding hydrogens is 288 g/mol. The molecule has 0 aromatic heterocycles. The van der Waals surface area contributed by atoms with E-state index in [0.29, 0.717) is 22.8 Å². The fourth-order valence-electron chi connectivity index (χ4n) is 2.10. The third-order valence-corrected chi connectivity index (χ3v) is 3.62. The van der Waals surface area contributed by atoms with Crippen LogP contribution >= 0.6 is 11.6 Å². The van der Waals surface area contributed by atoms with Gasteiger partial charge < -0.3 is 9.84 Å². The van der Waals surface area contributed by atoms with Crippen LogP contribution in [0.2, 0.25) is 5.02 Å². The first-order valence-corrected chi connectivity index (χ1v) is 7.06. The normalized spacial score (nSPS) is 12.0. The number of aliphatic hydroxyl groups excluding tert-OH is 1. The first-order chi connectivity index (χ1) is 10.1. The van der Waals surface area contributed by atoms with E-state index >= 15 is 0 Å². The average Bonchev–Trinajstić information content (AvgIpc) is 2.49. The van der Waals surface area contributed by atoms with Gasteiger partial charge in [-0.3, -0.25) is 4.79 Å². The van der Waals surface area contributed by atoms with Crippen molar-refractivity contribution in [2.75, 3.05) is 7.11 Å². The Morgan fingerprint density at radius 2 is 1.86 bits per heavy atom. The Kier molecular flexibility index (Phi) is 5.37. The van der Waals surface area contributed by atoms with Gasteiger partial charge in [0.1, 0.15) is 5.75 Å². The summed E-state index contributed by atoms with van der Waals surface area (Å²) in [7, 11) is 1.57. The third-order valence-electron chi connectivity index (χ3n) is 3.25. The van der Waals surface area contributed by atoms with Crippen LogP contribution in [-0.4, -0.2) is 24.1 Å². The van der Waals surface area contributed by atoms with Gasteiger partial charge in [-0.2, -0.15) is 0 Å². The number of hydrogen-bond acceptors (Lipinski definition) is 3.